The Morgan fingerprint density at radius 1 is 1.17 bits per heavy atom. The fraction of sp³-hybridized carbons (Fsp3) is 0.615. The van der Waals surface area contributed by atoms with Gasteiger partial charge >= 0.3 is 5.97 Å². The molecule has 0 aromatic heterocycles. The number of rotatable bonds is 9. The third-order valence-electron chi connectivity index (χ3n) is 2.46. The number of hydrazone groups is 1. The third kappa shape index (κ3) is 10.9. The summed E-state index contributed by atoms with van der Waals surface area (Å²) < 4.78 is 0. The third-order valence-corrected chi connectivity index (χ3v) is 2.46. The van der Waals surface area contributed by atoms with Crippen molar-refractivity contribution in [2.75, 3.05) is 0 Å². The summed E-state index contributed by atoms with van der Waals surface area (Å²) in [5, 5.41) is 12.2. The zero-order valence-electron chi connectivity index (χ0n) is 11.1. The molecule has 102 valence electrons. The van der Waals surface area contributed by atoms with Crippen molar-refractivity contribution in [2.24, 2.45) is 5.10 Å². The van der Waals surface area contributed by atoms with Gasteiger partial charge in [-0.1, -0.05) is 18.9 Å². The van der Waals surface area contributed by atoms with Crippen molar-refractivity contribution in [3.8, 4) is 0 Å². The summed E-state index contributed by atoms with van der Waals surface area (Å²) >= 11 is 0. The number of aliphatic carboxylic acids is 1. The van der Waals surface area contributed by atoms with E-state index in [1.54, 1.807) is 6.21 Å². The maximum absolute atomic E-state index is 11.3. The molecule has 0 unspecified atom stereocenters. The number of carboxylic acid groups (broad SMARTS) is 1. The monoisotopic (exact) mass is 254 g/mol. The summed E-state index contributed by atoms with van der Waals surface area (Å²) in [6.45, 7) is 3.80. The predicted molar refractivity (Wildman–Crippen MR) is 71.4 cm³/mol. The van der Waals surface area contributed by atoms with E-state index in [4.69, 9.17) is 5.11 Å². The molecule has 0 spiro atoms. The molecule has 0 aromatic carbocycles. The number of carbonyl (C=O) groups excluding carboxylic acids is 1. The Balaban J connectivity index is 3.48. The number of nitrogens with one attached hydrogen (secondary N) is 1. The number of hydrogen-bond donors (Lipinski definition) is 2. The SMILES string of the molecule is C/C=C(C)\C=N\NC(=O)CCCCCCC(=O)O. The molecule has 0 heterocycles. The molecule has 0 saturated heterocycles. The normalized spacial score (nSPS) is 11.8. The molecule has 18 heavy (non-hydrogen) atoms. The van der Waals surface area contributed by atoms with Crippen molar-refractivity contribution >= 4 is 18.1 Å². The number of nitrogens with zero attached hydrogens (tertiary/aromatic N) is 1. The van der Waals surface area contributed by atoms with E-state index in [0.29, 0.717) is 12.8 Å². The molecule has 0 aliphatic rings. The smallest absolute Gasteiger partial charge is 0.303 e. The highest BCUT2D eigenvalue weighted by Crippen LogP contribution is 2.05. The average Bonchev–Trinajstić information content (AvgIpc) is 2.33. The minimum absolute atomic E-state index is 0.103. The molecular formula is C13H22N2O3. The average molecular weight is 254 g/mol. The Bertz CT molecular complexity index is 322. The van der Waals surface area contributed by atoms with Crippen LogP contribution in [-0.4, -0.2) is 23.2 Å². The topological polar surface area (TPSA) is 78.8 Å². The van der Waals surface area contributed by atoms with Crippen LogP contribution in [0.1, 0.15) is 52.4 Å². The molecule has 5 nitrogen and oxygen atoms in total. The van der Waals surface area contributed by atoms with Gasteiger partial charge in [-0.05, 0) is 32.3 Å². The summed E-state index contributed by atoms with van der Waals surface area (Å²) in [5.41, 5.74) is 3.44. The van der Waals surface area contributed by atoms with E-state index in [-0.39, 0.29) is 12.3 Å². The Hall–Kier alpha value is -1.65. The largest absolute Gasteiger partial charge is 0.481 e. The maximum Gasteiger partial charge on any atom is 0.303 e. The maximum atomic E-state index is 11.3. The highest BCUT2D eigenvalue weighted by atomic mass is 16.4. The van der Waals surface area contributed by atoms with Crippen molar-refractivity contribution in [3.63, 3.8) is 0 Å². The fourth-order valence-electron chi connectivity index (χ4n) is 1.25. The van der Waals surface area contributed by atoms with Crippen molar-refractivity contribution in [2.45, 2.75) is 52.4 Å². The number of hydrogen-bond acceptors (Lipinski definition) is 3. The Morgan fingerprint density at radius 3 is 2.33 bits per heavy atom. The van der Waals surface area contributed by atoms with E-state index in [0.717, 1.165) is 24.8 Å². The van der Waals surface area contributed by atoms with E-state index >= 15 is 0 Å². The first-order valence-corrected chi connectivity index (χ1v) is 6.23. The molecule has 1 amide bonds. The van der Waals surface area contributed by atoms with E-state index in [1.807, 2.05) is 19.9 Å². The summed E-state index contributed by atoms with van der Waals surface area (Å²) in [7, 11) is 0. The molecule has 0 fully saturated rings. The molecule has 0 saturated carbocycles. The van der Waals surface area contributed by atoms with Gasteiger partial charge in [-0.3, -0.25) is 9.59 Å². The van der Waals surface area contributed by atoms with Crippen LogP contribution in [-0.2, 0) is 9.59 Å². The van der Waals surface area contributed by atoms with Gasteiger partial charge in [0.15, 0.2) is 0 Å². The second-order valence-electron chi connectivity index (χ2n) is 4.13. The first-order chi connectivity index (χ1) is 8.56. The highest BCUT2D eigenvalue weighted by molar-refractivity contribution is 5.81. The van der Waals surface area contributed by atoms with Crippen LogP contribution in [0.15, 0.2) is 16.8 Å². The zero-order chi connectivity index (χ0) is 13.8. The van der Waals surface area contributed by atoms with Crippen LogP contribution in [0, 0.1) is 0 Å². The second-order valence-corrected chi connectivity index (χ2v) is 4.13. The van der Waals surface area contributed by atoms with Crippen LogP contribution in [0.4, 0.5) is 0 Å². The minimum atomic E-state index is -0.763. The standard InChI is InChI=1S/C13H22N2O3/c1-3-11(2)10-14-15-12(16)8-6-4-5-7-9-13(17)18/h3,10H,4-9H2,1-2H3,(H,15,16)(H,17,18)/b11-3-,14-10+. The van der Waals surface area contributed by atoms with Crippen molar-refractivity contribution in [1.29, 1.82) is 0 Å². The van der Waals surface area contributed by atoms with Crippen molar-refractivity contribution in [3.05, 3.63) is 11.6 Å². The van der Waals surface area contributed by atoms with Crippen LogP contribution < -0.4 is 5.43 Å². The van der Waals surface area contributed by atoms with Gasteiger partial charge in [0.1, 0.15) is 0 Å². The van der Waals surface area contributed by atoms with Gasteiger partial charge in [0.25, 0.3) is 0 Å². The number of carbonyl (C=O) groups is 2. The molecule has 0 radical (unpaired) electrons. The molecule has 0 aliphatic carbocycles. The van der Waals surface area contributed by atoms with Crippen LogP contribution in [0.3, 0.4) is 0 Å². The summed E-state index contributed by atoms with van der Waals surface area (Å²) in [4.78, 5) is 21.6. The molecule has 2 N–H and O–H groups in total. The summed E-state index contributed by atoms with van der Waals surface area (Å²) in [6.07, 6.45) is 7.30. The van der Waals surface area contributed by atoms with Crippen LogP contribution >= 0.6 is 0 Å². The zero-order valence-corrected chi connectivity index (χ0v) is 11.1. The van der Waals surface area contributed by atoms with Gasteiger partial charge in [0.05, 0.1) is 0 Å². The minimum Gasteiger partial charge on any atom is -0.481 e. The molecule has 0 bridgehead atoms. The first-order valence-electron chi connectivity index (χ1n) is 6.23. The van der Waals surface area contributed by atoms with Crippen LogP contribution in [0.2, 0.25) is 0 Å². The van der Waals surface area contributed by atoms with E-state index in [9.17, 15) is 9.59 Å². The Kier molecular flexibility index (Phi) is 9.54. The van der Waals surface area contributed by atoms with Gasteiger partial charge in [0, 0.05) is 19.1 Å². The van der Waals surface area contributed by atoms with Crippen molar-refractivity contribution < 1.29 is 14.7 Å². The number of amides is 1. The number of unbranched alkanes of at least 4 members (excludes halogenated alkanes) is 3. The summed E-state index contributed by atoms with van der Waals surface area (Å²) in [6, 6.07) is 0. The second kappa shape index (κ2) is 10.5. The molecule has 0 rings (SSSR count). The van der Waals surface area contributed by atoms with E-state index in [2.05, 4.69) is 10.5 Å². The molecular weight excluding hydrogens is 232 g/mol. The summed E-state index contributed by atoms with van der Waals surface area (Å²) in [5.74, 6) is -0.866. The molecule has 0 atom stereocenters. The molecule has 5 heteroatoms. The van der Waals surface area contributed by atoms with Gasteiger partial charge in [-0.2, -0.15) is 5.10 Å². The Labute approximate surface area is 108 Å². The quantitative estimate of drug-likeness (QED) is 0.377. The lowest BCUT2D eigenvalue weighted by Crippen LogP contribution is -2.16. The van der Waals surface area contributed by atoms with Crippen molar-refractivity contribution in [1.82, 2.24) is 5.43 Å². The van der Waals surface area contributed by atoms with E-state index in [1.165, 1.54) is 0 Å². The van der Waals surface area contributed by atoms with Gasteiger partial charge in [0.2, 0.25) is 5.91 Å². The van der Waals surface area contributed by atoms with E-state index < -0.39 is 5.97 Å². The molecule has 0 aliphatic heterocycles. The van der Waals surface area contributed by atoms with Gasteiger partial charge in [-0.25, -0.2) is 5.43 Å². The lowest BCUT2D eigenvalue weighted by Gasteiger charge is -2.00. The van der Waals surface area contributed by atoms with Crippen LogP contribution in [0.25, 0.3) is 0 Å². The number of allylic oxidation sites excluding steroid dienone is 2. The lowest BCUT2D eigenvalue weighted by atomic mass is 10.1. The van der Waals surface area contributed by atoms with Crippen LogP contribution in [0.5, 0.6) is 0 Å². The lowest BCUT2D eigenvalue weighted by molar-refractivity contribution is -0.137. The first kappa shape index (κ1) is 16.4. The van der Waals surface area contributed by atoms with Gasteiger partial charge in [-0.15, -0.1) is 0 Å². The Morgan fingerprint density at radius 2 is 1.78 bits per heavy atom. The fourth-order valence-corrected chi connectivity index (χ4v) is 1.25. The predicted octanol–water partition coefficient (Wildman–Crippen LogP) is 2.48. The number of carboxylic acids is 1. The van der Waals surface area contributed by atoms with Gasteiger partial charge < -0.3 is 5.11 Å². The highest BCUT2D eigenvalue weighted by Gasteiger charge is 2.00. The molecule has 0 aromatic rings.